The van der Waals surface area contributed by atoms with Gasteiger partial charge in [-0.15, -0.1) is 10.2 Å². The molecule has 2 N–H and O–H groups in total. The number of aromatic nitrogens is 2. The van der Waals surface area contributed by atoms with E-state index in [0.717, 1.165) is 0 Å². The van der Waals surface area contributed by atoms with E-state index in [1.807, 2.05) is 0 Å². The molecule has 0 radical (unpaired) electrons. The van der Waals surface area contributed by atoms with Crippen molar-refractivity contribution < 1.29 is 18.9 Å². The number of nitrogen functional groups attached to an aromatic ring is 1. The summed E-state index contributed by atoms with van der Waals surface area (Å²) in [6, 6.07) is 10.1. The summed E-state index contributed by atoms with van der Waals surface area (Å²) in [6.45, 7) is 1.57. The summed E-state index contributed by atoms with van der Waals surface area (Å²) < 4.78 is 10.8. The van der Waals surface area contributed by atoms with E-state index in [-0.39, 0.29) is 28.7 Å². The number of ether oxygens (including phenoxy) is 1. The van der Waals surface area contributed by atoms with E-state index in [4.69, 9.17) is 26.5 Å². The Hall–Kier alpha value is -3.46. The molecule has 1 atom stereocenters. The molecule has 9 nitrogen and oxygen atoms in total. The Labute approximate surface area is 157 Å². The first-order chi connectivity index (χ1) is 12.8. The molecule has 0 saturated carbocycles. The number of nitro groups is 1. The zero-order chi connectivity index (χ0) is 19.6. The van der Waals surface area contributed by atoms with Crippen LogP contribution in [0.4, 0.5) is 11.4 Å². The number of anilines is 1. The van der Waals surface area contributed by atoms with Gasteiger partial charge in [-0.05, 0) is 37.3 Å². The molecule has 1 heterocycles. The zero-order valence-corrected chi connectivity index (χ0v) is 14.7. The molecule has 27 heavy (non-hydrogen) atoms. The predicted molar refractivity (Wildman–Crippen MR) is 96.1 cm³/mol. The molecule has 10 heteroatoms. The minimum Gasteiger partial charge on any atom is -0.449 e. The van der Waals surface area contributed by atoms with Gasteiger partial charge in [0.25, 0.3) is 11.6 Å². The number of carbonyl (C=O) groups excluding carboxylic acids is 1. The Balaban J connectivity index is 1.73. The molecule has 0 aliphatic carbocycles. The van der Waals surface area contributed by atoms with Gasteiger partial charge in [0.2, 0.25) is 5.89 Å². The summed E-state index contributed by atoms with van der Waals surface area (Å²) in [7, 11) is 0. The van der Waals surface area contributed by atoms with Gasteiger partial charge in [-0.3, -0.25) is 10.1 Å². The highest BCUT2D eigenvalue weighted by Crippen LogP contribution is 2.26. The van der Waals surface area contributed by atoms with E-state index in [0.29, 0.717) is 10.6 Å². The van der Waals surface area contributed by atoms with Gasteiger partial charge in [-0.1, -0.05) is 11.6 Å². The van der Waals surface area contributed by atoms with Crippen LogP contribution in [0.5, 0.6) is 0 Å². The molecule has 0 saturated heterocycles. The van der Waals surface area contributed by atoms with Crippen molar-refractivity contribution in [1.29, 1.82) is 0 Å². The maximum absolute atomic E-state index is 12.2. The topological polar surface area (TPSA) is 134 Å². The van der Waals surface area contributed by atoms with Gasteiger partial charge in [0.1, 0.15) is 0 Å². The van der Waals surface area contributed by atoms with Gasteiger partial charge >= 0.3 is 5.97 Å². The molecule has 138 valence electrons. The monoisotopic (exact) mass is 388 g/mol. The van der Waals surface area contributed by atoms with Crippen molar-refractivity contribution in [1.82, 2.24) is 10.2 Å². The van der Waals surface area contributed by atoms with E-state index in [1.54, 1.807) is 6.92 Å². The number of nitro benzene ring substituents is 1. The fourth-order valence-electron chi connectivity index (χ4n) is 2.24. The van der Waals surface area contributed by atoms with Crippen LogP contribution in [0.1, 0.15) is 29.3 Å². The van der Waals surface area contributed by atoms with Crippen molar-refractivity contribution in [2.24, 2.45) is 0 Å². The second-order valence-electron chi connectivity index (χ2n) is 5.53. The van der Waals surface area contributed by atoms with Gasteiger partial charge in [0, 0.05) is 28.4 Å². The van der Waals surface area contributed by atoms with E-state index in [9.17, 15) is 14.9 Å². The molecule has 3 rings (SSSR count). The van der Waals surface area contributed by atoms with Crippen molar-refractivity contribution in [2.45, 2.75) is 13.0 Å². The summed E-state index contributed by atoms with van der Waals surface area (Å²) in [5.41, 5.74) is 6.57. The first-order valence-corrected chi connectivity index (χ1v) is 8.07. The maximum Gasteiger partial charge on any atom is 0.341 e. The lowest BCUT2D eigenvalue weighted by atomic mass is 10.2. The number of hydrogen-bond donors (Lipinski definition) is 1. The number of nitrogens with two attached hydrogens (primary N) is 1. The maximum atomic E-state index is 12.2. The SMILES string of the molecule is C[C@H](OC(=O)c1ccc(Cl)cc1N)c1nnc(-c2ccc([N+](=O)[O-])cc2)o1. The number of esters is 1. The molecular formula is C17H13ClN4O5. The summed E-state index contributed by atoms with van der Waals surface area (Å²) in [6.07, 6.45) is -0.827. The minimum atomic E-state index is -0.827. The van der Waals surface area contributed by atoms with Crippen molar-refractivity contribution in [3.8, 4) is 11.5 Å². The Morgan fingerprint density at radius 1 is 1.26 bits per heavy atom. The fraction of sp³-hybridized carbons (Fsp3) is 0.118. The molecule has 0 spiro atoms. The third kappa shape index (κ3) is 4.04. The van der Waals surface area contributed by atoms with E-state index in [2.05, 4.69) is 10.2 Å². The zero-order valence-electron chi connectivity index (χ0n) is 14.0. The van der Waals surface area contributed by atoms with Crippen LogP contribution in [-0.2, 0) is 4.74 Å². The third-order valence-electron chi connectivity index (χ3n) is 3.63. The van der Waals surface area contributed by atoms with Crippen LogP contribution < -0.4 is 5.73 Å². The number of rotatable bonds is 5. The van der Waals surface area contributed by atoms with Crippen LogP contribution >= 0.6 is 11.6 Å². The molecule has 0 aliphatic heterocycles. The normalized spacial score (nSPS) is 11.8. The van der Waals surface area contributed by atoms with Crippen LogP contribution in [-0.4, -0.2) is 21.1 Å². The van der Waals surface area contributed by atoms with Crippen molar-refractivity contribution in [3.05, 3.63) is 69.1 Å². The smallest absolute Gasteiger partial charge is 0.341 e. The third-order valence-corrected chi connectivity index (χ3v) is 3.87. The lowest BCUT2D eigenvalue weighted by Gasteiger charge is -2.10. The average molecular weight is 389 g/mol. The first-order valence-electron chi connectivity index (χ1n) is 7.69. The highest BCUT2D eigenvalue weighted by Gasteiger charge is 2.21. The molecule has 0 bridgehead atoms. The fourth-order valence-corrected chi connectivity index (χ4v) is 2.42. The standard InChI is InChI=1S/C17H13ClN4O5/c1-9(26-17(23)13-7-4-11(18)8-14(13)19)15-20-21-16(27-15)10-2-5-12(6-3-10)22(24)25/h2-9H,19H2,1H3/t9-/m0/s1. The summed E-state index contributed by atoms with van der Waals surface area (Å²) in [4.78, 5) is 22.4. The summed E-state index contributed by atoms with van der Waals surface area (Å²) in [5.74, 6) is -0.440. The van der Waals surface area contributed by atoms with Crippen LogP contribution in [0, 0.1) is 10.1 Å². The number of nitrogens with zero attached hydrogens (tertiary/aromatic N) is 3. The van der Waals surface area contributed by atoms with Gasteiger partial charge in [0.15, 0.2) is 6.10 Å². The molecule has 2 aromatic carbocycles. The number of carbonyl (C=O) groups is 1. The lowest BCUT2D eigenvalue weighted by molar-refractivity contribution is -0.384. The number of benzene rings is 2. The van der Waals surface area contributed by atoms with Crippen LogP contribution in [0.2, 0.25) is 5.02 Å². The van der Waals surface area contributed by atoms with E-state index in [1.165, 1.54) is 42.5 Å². The van der Waals surface area contributed by atoms with Crippen molar-refractivity contribution >= 4 is 28.9 Å². The largest absolute Gasteiger partial charge is 0.449 e. The molecule has 0 unspecified atom stereocenters. The lowest BCUT2D eigenvalue weighted by Crippen LogP contribution is -2.11. The van der Waals surface area contributed by atoms with Gasteiger partial charge in [0.05, 0.1) is 10.5 Å². The van der Waals surface area contributed by atoms with Crippen LogP contribution in [0.25, 0.3) is 11.5 Å². The Morgan fingerprint density at radius 2 is 1.96 bits per heavy atom. The van der Waals surface area contributed by atoms with Gasteiger partial charge < -0.3 is 14.9 Å². The second kappa shape index (κ2) is 7.42. The molecule has 0 fully saturated rings. The molecule has 0 aliphatic rings. The van der Waals surface area contributed by atoms with E-state index < -0.39 is 17.0 Å². The number of non-ortho nitro benzene ring substituents is 1. The van der Waals surface area contributed by atoms with Gasteiger partial charge in [-0.25, -0.2) is 4.79 Å². The highest BCUT2D eigenvalue weighted by atomic mass is 35.5. The van der Waals surface area contributed by atoms with E-state index >= 15 is 0 Å². The molecule has 0 amide bonds. The van der Waals surface area contributed by atoms with Crippen LogP contribution in [0.15, 0.2) is 46.9 Å². The predicted octanol–water partition coefficient (Wildman–Crippen LogP) is 3.80. The van der Waals surface area contributed by atoms with Crippen molar-refractivity contribution in [2.75, 3.05) is 5.73 Å². The molecule has 3 aromatic rings. The summed E-state index contributed by atoms with van der Waals surface area (Å²) in [5, 5.41) is 18.8. The van der Waals surface area contributed by atoms with Gasteiger partial charge in [-0.2, -0.15) is 0 Å². The number of halogens is 1. The number of hydrogen-bond acceptors (Lipinski definition) is 8. The van der Waals surface area contributed by atoms with Crippen LogP contribution in [0.3, 0.4) is 0 Å². The Bertz CT molecular complexity index is 1000. The average Bonchev–Trinajstić information content (AvgIpc) is 3.12. The Kier molecular flexibility index (Phi) is 5.04. The van der Waals surface area contributed by atoms with Crippen molar-refractivity contribution in [3.63, 3.8) is 0 Å². The highest BCUT2D eigenvalue weighted by molar-refractivity contribution is 6.31. The Morgan fingerprint density at radius 3 is 2.59 bits per heavy atom. The minimum absolute atomic E-state index is 0.0543. The second-order valence-corrected chi connectivity index (χ2v) is 5.96. The first kappa shape index (κ1) is 18.3. The molecule has 1 aromatic heterocycles. The quantitative estimate of drug-likeness (QED) is 0.302. The summed E-state index contributed by atoms with van der Waals surface area (Å²) >= 11 is 5.81. The molecular weight excluding hydrogens is 376 g/mol.